The van der Waals surface area contributed by atoms with Crippen molar-refractivity contribution in [3.8, 4) is 23.0 Å². The van der Waals surface area contributed by atoms with Gasteiger partial charge in [-0.2, -0.15) is 0 Å². The molecule has 142 valence electrons. The van der Waals surface area contributed by atoms with Gasteiger partial charge in [-0.25, -0.2) is 9.97 Å². The molecule has 0 N–H and O–H groups in total. The van der Waals surface area contributed by atoms with Crippen molar-refractivity contribution in [2.75, 3.05) is 18.0 Å². The fourth-order valence-corrected chi connectivity index (χ4v) is 3.61. The number of hydrogen-bond acceptors (Lipinski definition) is 3. The molecule has 4 aromatic rings. The molecule has 1 saturated heterocycles. The third kappa shape index (κ3) is 3.46. The summed E-state index contributed by atoms with van der Waals surface area (Å²) in [4.78, 5) is 11.6. The van der Waals surface area contributed by atoms with Gasteiger partial charge < -0.3 is 9.47 Å². The molecule has 0 spiro atoms. The summed E-state index contributed by atoms with van der Waals surface area (Å²) in [6, 6.07) is 17.9. The summed E-state index contributed by atoms with van der Waals surface area (Å²) in [5, 5.41) is 0.728. The summed E-state index contributed by atoms with van der Waals surface area (Å²) in [5.41, 5.74) is 5.91. The van der Waals surface area contributed by atoms with Crippen LogP contribution in [0.25, 0.3) is 22.2 Å². The Morgan fingerprint density at radius 2 is 1.72 bits per heavy atom. The van der Waals surface area contributed by atoms with E-state index in [0.29, 0.717) is 0 Å². The quantitative estimate of drug-likeness (QED) is 0.450. The van der Waals surface area contributed by atoms with Gasteiger partial charge in [0.25, 0.3) is 0 Å². The van der Waals surface area contributed by atoms with Crippen LogP contribution in [-0.2, 0) is 7.05 Å². The summed E-state index contributed by atoms with van der Waals surface area (Å²) in [7, 11) is 2.07. The van der Waals surface area contributed by atoms with Gasteiger partial charge in [0.15, 0.2) is 0 Å². The molecule has 0 saturated carbocycles. The van der Waals surface area contributed by atoms with E-state index in [1.807, 2.05) is 54.7 Å². The van der Waals surface area contributed by atoms with Gasteiger partial charge in [-0.3, -0.25) is 0 Å². The van der Waals surface area contributed by atoms with Crippen LogP contribution < -0.4 is 4.90 Å². The lowest BCUT2D eigenvalue weighted by Gasteiger charge is -2.31. The van der Waals surface area contributed by atoms with Crippen molar-refractivity contribution < 1.29 is 0 Å². The Morgan fingerprint density at radius 3 is 2.41 bits per heavy atom. The van der Waals surface area contributed by atoms with Crippen molar-refractivity contribution in [3.63, 3.8) is 0 Å². The van der Waals surface area contributed by atoms with Crippen LogP contribution in [0.4, 0.5) is 5.95 Å². The molecule has 0 atom stereocenters. The highest BCUT2D eigenvalue weighted by Crippen LogP contribution is 2.25. The maximum atomic E-state index is 5.95. The number of aromatic nitrogens is 3. The smallest absolute Gasteiger partial charge is 0.206 e. The lowest BCUT2D eigenvalue weighted by Crippen LogP contribution is -2.38. The Hall–Kier alpha value is -3.29. The number of fused-ring (bicyclic) bond motifs is 1. The zero-order valence-electron chi connectivity index (χ0n) is 16.1. The minimum Gasteiger partial charge on any atom is -0.342 e. The average Bonchev–Trinajstić information content (AvgIpc) is 3.02. The number of halogens is 1. The third-order valence-corrected chi connectivity index (χ3v) is 5.52. The summed E-state index contributed by atoms with van der Waals surface area (Å²) in [5.74, 6) is 7.40. The SMILES string of the molecule is Cn1c(N2CCC2)nc2cc(C#Cc3ccc(-c4ccc(Cl)cc4)cn3)ccc21. The first kappa shape index (κ1) is 17.8. The minimum absolute atomic E-state index is 0.728. The molecule has 0 bridgehead atoms. The van der Waals surface area contributed by atoms with Gasteiger partial charge in [-0.15, -0.1) is 0 Å². The van der Waals surface area contributed by atoms with Gasteiger partial charge in [-0.1, -0.05) is 35.7 Å². The van der Waals surface area contributed by atoms with E-state index in [1.165, 1.54) is 6.42 Å². The lowest BCUT2D eigenvalue weighted by molar-refractivity contribution is 0.591. The van der Waals surface area contributed by atoms with Gasteiger partial charge in [-0.05, 0) is 54.3 Å². The normalized spacial score (nSPS) is 13.1. The molecule has 3 heterocycles. The van der Waals surface area contributed by atoms with Crippen LogP contribution in [0.3, 0.4) is 0 Å². The first-order chi connectivity index (χ1) is 14.2. The highest BCUT2D eigenvalue weighted by atomic mass is 35.5. The molecule has 1 aliphatic heterocycles. The van der Waals surface area contributed by atoms with Crippen LogP contribution in [0.1, 0.15) is 17.7 Å². The van der Waals surface area contributed by atoms with E-state index in [-0.39, 0.29) is 0 Å². The fourth-order valence-electron chi connectivity index (χ4n) is 3.48. The van der Waals surface area contributed by atoms with E-state index in [4.69, 9.17) is 16.6 Å². The number of anilines is 1. The minimum atomic E-state index is 0.728. The number of imidazole rings is 1. The molecule has 0 radical (unpaired) electrons. The van der Waals surface area contributed by atoms with E-state index in [0.717, 1.165) is 57.5 Å². The summed E-state index contributed by atoms with van der Waals surface area (Å²) >= 11 is 5.95. The molecular weight excluding hydrogens is 380 g/mol. The standard InChI is InChI=1S/C24H19ClN4/c1-28-23-12-4-17(15-22(23)27-24(28)29-13-2-14-29)3-10-21-11-7-19(16-26-21)18-5-8-20(25)9-6-18/h4-9,11-12,15-16H,2,13-14H2,1H3. The van der Waals surface area contributed by atoms with Gasteiger partial charge in [0.1, 0.15) is 5.69 Å². The Morgan fingerprint density at radius 1 is 0.931 bits per heavy atom. The van der Waals surface area contributed by atoms with Crippen molar-refractivity contribution in [3.05, 3.63) is 77.1 Å². The predicted octanol–water partition coefficient (Wildman–Crippen LogP) is 4.90. The highest BCUT2D eigenvalue weighted by molar-refractivity contribution is 6.30. The maximum Gasteiger partial charge on any atom is 0.206 e. The van der Waals surface area contributed by atoms with Crippen LogP contribution in [0.2, 0.25) is 5.02 Å². The Balaban J connectivity index is 1.39. The van der Waals surface area contributed by atoms with Crippen LogP contribution in [0.15, 0.2) is 60.8 Å². The van der Waals surface area contributed by atoms with Crippen LogP contribution in [-0.4, -0.2) is 27.6 Å². The summed E-state index contributed by atoms with van der Waals surface area (Å²) in [6.45, 7) is 2.17. The Bertz CT molecular complexity index is 1240. The lowest BCUT2D eigenvalue weighted by atomic mass is 10.1. The van der Waals surface area contributed by atoms with Crippen molar-refractivity contribution in [1.29, 1.82) is 0 Å². The number of rotatable bonds is 2. The second kappa shape index (κ2) is 7.27. The highest BCUT2D eigenvalue weighted by Gasteiger charge is 2.20. The second-order valence-corrected chi connectivity index (χ2v) is 7.64. The summed E-state index contributed by atoms with van der Waals surface area (Å²) in [6.07, 6.45) is 3.08. The van der Waals surface area contributed by atoms with Crippen molar-refractivity contribution in [1.82, 2.24) is 14.5 Å². The molecule has 0 aliphatic carbocycles. The van der Waals surface area contributed by atoms with Gasteiger partial charge in [0, 0.05) is 42.5 Å². The van der Waals surface area contributed by atoms with E-state index in [1.54, 1.807) is 0 Å². The van der Waals surface area contributed by atoms with Crippen LogP contribution in [0, 0.1) is 11.8 Å². The van der Waals surface area contributed by atoms with Gasteiger partial charge in [0.2, 0.25) is 5.95 Å². The van der Waals surface area contributed by atoms with E-state index < -0.39 is 0 Å². The van der Waals surface area contributed by atoms with E-state index in [2.05, 4.69) is 39.4 Å². The fraction of sp³-hybridized carbons (Fsp3) is 0.167. The first-order valence-electron chi connectivity index (χ1n) is 9.63. The molecule has 1 fully saturated rings. The maximum absolute atomic E-state index is 5.95. The van der Waals surface area contributed by atoms with Gasteiger partial charge >= 0.3 is 0 Å². The molecule has 29 heavy (non-hydrogen) atoms. The topological polar surface area (TPSA) is 34.0 Å². The molecule has 0 unspecified atom stereocenters. The monoisotopic (exact) mass is 398 g/mol. The number of benzene rings is 2. The van der Waals surface area contributed by atoms with Crippen LogP contribution in [0.5, 0.6) is 0 Å². The molecule has 2 aromatic heterocycles. The zero-order valence-corrected chi connectivity index (χ0v) is 16.8. The number of hydrogen-bond donors (Lipinski definition) is 0. The average molecular weight is 399 g/mol. The van der Waals surface area contributed by atoms with Crippen LogP contribution >= 0.6 is 11.6 Å². The molecule has 5 rings (SSSR count). The van der Waals surface area contributed by atoms with Crippen molar-refractivity contribution in [2.24, 2.45) is 7.05 Å². The van der Waals surface area contributed by atoms with Crippen molar-refractivity contribution in [2.45, 2.75) is 6.42 Å². The van der Waals surface area contributed by atoms with E-state index >= 15 is 0 Å². The van der Waals surface area contributed by atoms with E-state index in [9.17, 15) is 0 Å². The molecule has 1 aliphatic rings. The molecule has 4 nitrogen and oxygen atoms in total. The van der Waals surface area contributed by atoms with Crippen molar-refractivity contribution >= 4 is 28.6 Å². The second-order valence-electron chi connectivity index (χ2n) is 7.20. The number of pyridine rings is 1. The zero-order chi connectivity index (χ0) is 19.8. The number of nitrogens with zero attached hydrogens (tertiary/aromatic N) is 4. The number of aryl methyl sites for hydroxylation is 1. The van der Waals surface area contributed by atoms with Gasteiger partial charge in [0.05, 0.1) is 11.0 Å². The summed E-state index contributed by atoms with van der Waals surface area (Å²) < 4.78 is 2.16. The third-order valence-electron chi connectivity index (χ3n) is 5.27. The molecule has 0 amide bonds. The molecular formula is C24H19ClN4. The predicted molar refractivity (Wildman–Crippen MR) is 118 cm³/mol. The first-order valence-corrected chi connectivity index (χ1v) is 10.0. The molecule has 5 heteroatoms. The molecule has 2 aromatic carbocycles. The Kier molecular flexibility index (Phi) is 4.46. The largest absolute Gasteiger partial charge is 0.342 e. The Labute approximate surface area is 174 Å².